The van der Waals surface area contributed by atoms with Crippen LogP contribution in [0.15, 0.2) is 12.1 Å². The van der Waals surface area contributed by atoms with E-state index in [4.69, 9.17) is 0 Å². The summed E-state index contributed by atoms with van der Waals surface area (Å²) in [7, 11) is 0. The largest absolute Gasteiger partial charge is 0.507 e. The molecule has 6 heteroatoms. The van der Waals surface area contributed by atoms with Gasteiger partial charge in [0.2, 0.25) is 0 Å². The highest BCUT2D eigenvalue weighted by molar-refractivity contribution is 5.98. The molecule has 1 fully saturated rings. The van der Waals surface area contributed by atoms with Crippen LogP contribution in [0.2, 0.25) is 0 Å². The zero-order chi connectivity index (χ0) is 16.8. The third-order valence-electron chi connectivity index (χ3n) is 4.44. The van der Waals surface area contributed by atoms with E-state index in [0.29, 0.717) is 12.1 Å². The zero-order valence-electron chi connectivity index (χ0n) is 13.5. The van der Waals surface area contributed by atoms with E-state index in [-0.39, 0.29) is 22.9 Å². The van der Waals surface area contributed by atoms with Crippen LogP contribution >= 0.6 is 0 Å². The number of nitro benzene ring substituents is 1. The molecule has 1 aromatic rings. The quantitative estimate of drug-likeness (QED) is 0.472. The lowest BCUT2D eigenvalue weighted by Gasteiger charge is -2.23. The number of non-ortho nitro benzene ring substituents is 1. The molecule has 0 heterocycles. The molecule has 1 amide bonds. The Morgan fingerprint density at radius 1 is 1.35 bits per heavy atom. The van der Waals surface area contributed by atoms with Gasteiger partial charge >= 0.3 is 0 Å². The van der Waals surface area contributed by atoms with E-state index in [1.807, 2.05) is 6.92 Å². The summed E-state index contributed by atoms with van der Waals surface area (Å²) in [6, 6.07) is 2.59. The second kappa shape index (κ2) is 7.94. The number of unbranched alkanes of at least 4 members (excludes halogenated alkanes) is 1. The number of phenols is 1. The van der Waals surface area contributed by atoms with Gasteiger partial charge in [0.15, 0.2) is 0 Å². The first kappa shape index (κ1) is 17.2. The van der Waals surface area contributed by atoms with Gasteiger partial charge < -0.3 is 10.4 Å². The molecule has 0 spiro atoms. The average Bonchev–Trinajstić information content (AvgIpc) is 2.55. The lowest BCUT2D eigenvalue weighted by molar-refractivity contribution is -0.385. The van der Waals surface area contributed by atoms with E-state index in [1.165, 1.54) is 12.1 Å². The number of carbonyl (C=O) groups excluding carboxylic acids is 1. The second-order valence-electron chi connectivity index (χ2n) is 6.13. The number of phenolic OH excluding ortho intramolecular Hbond substituents is 1. The first-order valence-electron chi connectivity index (χ1n) is 8.34. The number of nitrogens with zero attached hydrogens (tertiary/aromatic N) is 1. The highest BCUT2D eigenvalue weighted by Crippen LogP contribution is 2.40. The SMILES string of the molecule is CCCCNC(=O)c1cc([N+](=O)[O-])cc(C2CCCCC2)c1O. The number of aromatic hydroxyl groups is 1. The Morgan fingerprint density at radius 2 is 2.04 bits per heavy atom. The summed E-state index contributed by atoms with van der Waals surface area (Å²) in [6.45, 7) is 2.51. The van der Waals surface area contributed by atoms with Crippen molar-refractivity contribution in [2.24, 2.45) is 0 Å². The van der Waals surface area contributed by atoms with Crippen LogP contribution < -0.4 is 5.32 Å². The maximum Gasteiger partial charge on any atom is 0.270 e. The summed E-state index contributed by atoms with van der Waals surface area (Å²) in [5, 5.41) is 24.4. The van der Waals surface area contributed by atoms with Gasteiger partial charge in [-0.25, -0.2) is 0 Å². The van der Waals surface area contributed by atoms with Crippen LogP contribution in [0.4, 0.5) is 5.69 Å². The molecular weight excluding hydrogens is 296 g/mol. The van der Waals surface area contributed by atoms with Crippen molar-refractivity contribution in [1.82, 2.24) is 5.32 Å². The summed E-state index contributed by atoms with van der Waals surface area (Å²) >= 11 is 0. The first-order chi connectivity index (χ1) is 11.0. The van der Waals surface area contributed by atoms with Crippen LogP contribution in [0.1, 0.15) is 73.7 Å². The molecule has 126 valence electrons. The van der Waals surface area contributed by atoms with Crippen LogP contribution in [-0.4, -0.2) is 22.5 Å². The number of hydrogen-bond donors (Lipinski definition) is 2. The van der Waals surface area contributed by atoms with Crippen LogP contribution in [0.3, 0.4) is 0 Å². The fourth-order valence-corrected chi connectivity index (χ4v) is 3.12. The van der Waals surface area contributed by atoms with E-state index in [9.17, 15) is 20.0 Å². The predicted octanol–water partition coefficient (Wildman–Crippen LogP) is 3.88. The van der Waals surface area contributed by atoms with Gasteiger partial charge in [-0.15, -0.1) is 0 Å². The number of carbonyl (C=O) groups is 1. The Balaban J connectivity index is 2.34. The van der Waals surface area contributed by atoms with E-state index in [0.717, 1.165) is 44.9 Å². The highest BCUT2D eigenvalue weighted by atomic mass is 16.6. The summed E-state index contributed by atoms with van der Waals surface area (Å²) < 4.78 is 0. The topological polar surface area (TPSA) is 92.5 Å². The minimum atomic E-state index is -0.505. The highest BCUT2D eigenvalue weighted by Gasteiger charge is 2.26. The number of benzene rings is 1. The molecule has 1 aliphatic carbocycles. The molecule has 0 radical (unpaired) electrons. The van der Waals surface area contributed by atoms with Gasteiger partial charge in [0.1, 0.15) is 5.75 Å². The minimum Gasteiger partial charge on any atom is -0.507 e. The molecule has 6 nitrogen and oxygen atoms in total. The molecule has 23 heavy (non-hydrogen) atoms. The number of amides is 1. The number of hydrogen-bond acceptors (Lipinski definition) is 4. The smallest absolute Gasteiger partial charge is 0.270 e. The number of nitro groups is 1. The van der Waals surface area contributed by atoms with Crippen molar-refractivity contribution >= 4 is 11.6 Å². The van der Waals surface area contributed by atoms with Gasteiger partial charge in [0.25, 0.3) is 11.6 Å². The molecule has 0 aromatic heterocycles. The Kier molecular flexibility index (Phi) is 5.96. The molecule has 1 saturated carbocycles. The molecule has 0 unspecified atom stereocenters. The van der Waals surface area contributed by atoms with Crippen molar-refractivity contribution < 1.29 is 14.8 Å². The molecule has 0 saturated heterocycles. The molecule has 0 bridgehead atoms. The monoisotopic (exact) mass is 320 g/mol. The van der Waals surface area contributed by atoms with Crippen molar-refractivity contribution in [3.05, 3.63) is 33.4 Å². The Labute approximate surface area is 136 Å². The van der Waals surface area contributed by atoms with Gasteiger partial charge in [-0.05, 0) is 25.2 Å². The normalized spacial score (nSPS) is 15.3. The molecule has 1 aromatic carbocycles. The molecule has 1 aliphatic rings. The fourth-order valence-electron chi connectivity index (χ4n) is 3.12. The van der Waals surface area contributed by atoms with E-state index >= 15 is 0 Å². The Morgan fingerprint density at radius 3 is 2.65 bits per heavy atom. The third kappa shape index (κ3) is 4.21. The maximum atomic E-state index is 12.3. The lowest BCUT2D eigenvalue weighted by Crippen LogP contribution is -2.25. The molecule has 0 aliphatic heterocycles. The fraction of sp³-hybridized carbons (Fsp3) is 0.588. The average molecular weight is 320 g/mol. The predicted molar refractivity (Wildman–Crippen MR) is 87.8 cm³/mol. The van der Waals surface area contributed by atoms with Gasteiger partial charge in [0.05, 0.1) is 10.5 Å². The minimum absolute atomic E-state index is 0.0101. The zero-order valence-corrected chi connectivity index (χ0v) is 13.5. The summed E-state index contributed by atoms with van der Waals surface area (Å²) in [5.74, 6) is -0.459. The van der Waals surface area contributed by atoms with Gasteiger partial charge in [-0.1, -0.05) is 32.6 Å². The Hall–Kier alpha value is -2.11. The third-order valence-corrected chi connectivity index (χ3v) is 4.44. The summed E-state index contributed by atoms with van der Waals surface area (Å²) in [4.78, 5) is 22.9. The summed E-state index contributed by atoms with van der Waals surface area (Å²) in [6.07, 6.45) is 6.80. The first-order valence-corrected chi connectivity index (χ1v) is 8.34. The van der Waals surface area contributed by atoms with Crippen LogP contribution in [0.5, 0.6) is 5.75 Å². The van der Waals surface area contributed by atoms with E-state index < -0.39 is 10.8 Å². The van der Waals surface area contributed by atoms with Crippen molar-refractivity contribution in [1.29, 1.82) is 0 Å². The van der Waals surface area contributed by atoms with Crippen LogP contribution in [0.25, 0.3) is 0 Å². The molecule has 2 N–H and O–H groups in total. The molecule has 2 rings (SSSR count). The number of nitrogens with one attached hydrogen (secondary N) is 1. The standard InChI is InChI=1S/C17H24N2O4/c1-2-3-9-18-17(21)15-11-13(19(22)23)10-14(16(15)20)12-7-5-4-6-8-12/h10-12,20H,2-9H2,1H3,(H,18,21). The molecular formula is C17H24N2O4. The van der Waals surface area contributed by atoms with Crippen molar-refractivity contribution in [3.63, 3.8) is 0 Å². The van der Waals surface area contributed by atoms with Crippen LogP contribution in [0, 0.1) is 10.1 Å². The van der Waals surface area contributed by atoms with Gasteiger partial charge in [-0.2, -0.15) is 0 Å². The second-order valence-corrected chi connectivity index (χ2v) is 6.13. The Bertz CT molecular complexity index is 580. The van der Waals surface area contributed by atoms with E-state index in [2.05, 4.69) is 5.32 Å². The van der Waals surface area contributed by atoms with Crippen LogP contribution in [-0.2, 0) is 0 Å². The van der Waals surface area contributed by atoms with Crippen molar-refractivity contribution in [2.45, 2.75) is 57.8 Å². The van der Waals surface area contributed by atoms with Gasteiger partial charge in [-0.3, -0.25) is 14.9 Å². The van der Waals surface area contributed by atoms with E-state index in [1.54, 1.807) is 0 Å². The van der Waals surface area contributed by atoms with Gasteiger partial charge in [0, 0.05) is 24.2 Å². The van der Waals surface area contributed by atoms with Crippen molar-refractivity contribution in [2.75, 3.05) is 6.54 Å². The lowest BCUT2D eigenvalue weighted by atomic mass is 9.82. The molecule has 0 atom stereocenters. The maximum absolute atomic E-state index is 12.3. The van der Waals surface area contributed by atoms with Crippen molar-refractivity contribution in [3.8, 4) is 5.75 Å². The number of rotatable bonds is 6. The summed E-state index contributed by atoms with van der Waals surface area (Å²) in [5.41, 5.74) is 0.416.